The molecule has 0 amide bonds. The smallest absolute Gasteiger partial charge is 0.303 e. The summed E-state index contributed by atoms with van der Waals surface area (Å²) < 4.78 is 22.7. The number of carbonyl (C=O) groups excluding carboxylic acids is 2. The first-order chi connectivity index (χ1) is 11.2. The van der Waals surface area contributed by atoms with Crippen LogP contribution in [0.2, 0.25) is 0 Å². The molecule has 0 aromatic heterocycles. The van der Waals surface area contributed by atoms with Crippen LogP contribution in [0.15, 0.2) is 25.3 Å². The Bertz CT molecular complexity index is 470. The van der Waals surface area contributed by atoms with Crippen molar-refractivity contribution in [3.63, 3.8) is 0 Å². The van der Waals surface area contributed by atoms with E-state index in [9.17, 15) is 9.59 Å². The molecule has 1 fully saturated rings. The summed E-state index contributed by atoms with van der Waals surface area (Å²) in [6.45, 7) is 13.6. The Hall–Kier alpha value is -1.66. The number of ether oxygens (including phenoxy) is 4. The van der Waals surface area contributed by atoms with Crippen molar-refractivity contribution in [1.29, 1.82) is 0 Å². The van der Waals surface area contributed by atoms with Gasteiger partial charge in [0.2, 0.25) is 0 Å². The third kappa shape index (κ3) is 6.09. The molecule has 6 nitrogen and oxygen atoms in total. The second kappa shape index (κ2) is 8.99. The first-order valence-electron chi connectivity index (χ1n) is 8.12. The van der Waals surface area contributed by atoms with Gasteiger partial charge in [-0.05, 0) is 33.1 Å². The van der Waals surface area contributed by atoms with Crippen LogP contribution in [-0.2, 0) is 28.5 Å². The van der Waals surface area contributed by atoms with E-state index < -0.39 is 36.0 Å². The van der Waals surface area contributed by atoms with E-state index in [1.165, 1.54) is 13.8 Å². The summed E-state index contributed by atoms with van der Waals surface area (Å²) in [6.07, 6.45) is 2.74. The highest BCUT2D eigenvalue weighted by molar-refractivity contribution is 5.67. The first kappa shape index (κ1) is 20.4. The zero-order valence-electron chi connectivity index (χ0n) is 14.9. The molecular weight excluding hydrogens is 312 g/mol. The van der Waals surface area contributed by atoms with Gasteiger partial charge in [-0.15, -0.1) is 13.2 Å². The van der Waals surface area contributed by atoms with Gasteiger partial charge >= 0.3 is 11.9 Å². The van der Waals surface area contributed by atoms with Gasteiger partial charge in [0, 0.05) is 13.8 Å². The Morgan fingerprint density at radius 2 is 1.75 bits per heavy atom. The van der Waals surface area contributed by atoms with Gasteiger partial charge in [-0.1, -0.05) is 12.2 Å². The van der Waals surface area contributed by atoms with E-state index >= 15 is 0 Å². The lowest BCUT2D eigenvalue weighted by Gasteiger charge is -2.31. The van der Waals surface area contributed by atoms with Gasteiger partial charge in [0.25, 0.3) is 0 Å². The van der Waals surface area contributed by atoms with Gasteiger partial charge in [0.05, 0.1) is 6.10 Å². The number of carbonyl (C=O) groups is 2. The molecule has 24 heavy (non-hydrogen) atoms. The molecule has 1 rings (SSSR count). The fraction of sp³-hybridized carbons (Fsp3) is 0.667. The SMILES string of the molecule is C=CCCC(OC(C)=O)C(OC(C)=O)C1OC(C)(C)O[C@H]1CC=C. The van der Waals surface area contributed by atoms with Gasteiger partial charge in [-0.2, -0.15) is 0 Å². The maximum Gasteiger partial charge on any atom is 0.303 e. The number of esters is 2. The summed E-state index contributed by atoms with van der Waals surface area (Å²) in [5, 5.41) is 0. The molecule has 0 spiro atoms. The largest absolute Gasteiger partial charge is 0.458 e. The molecule has 1 aliphatic heterocycles. The van der Waals surface area contributed by atoms with E-state index in [1.807, 2.05) is 0 Å². The van der Waals surface area contributed by atoms with Crippen LogP contribution in [0.25, 0.3) is 0 Å². The molecule has 0 aromatic carbocycles. The van der Waals surface area contributed by atoms with E-state index in [0.717, 1.165) is 0 Å². The summed E-state index contributed by atoms with van der Waals surface area (Å²) in [4.78, 5) is 23.1. The van der Waals surface area contributed by atoms with Crippen molar-refractivity contribution in [1.82, 2.24) is 0 Å². The Labute approximate surface area is 143 Å². The van der Waals surface area contributed by atoms with E-state index in [1.54, 1.807) is 26.0 Å². The van der Waals surface area contributed by atoms with Gasteiger partial charge in [0.15, 0.2) is 11.9 Å². The predicted molar refractivity (Wildman–Crippen MR) is 89.2 cm³/mol. The van der Waals surface area contributed by atoms with E-state index in [4.69, 9.17) is 18.9 Å². The lowest BCUT2D eigenvalue weighted by molar-refractivity contribution is -0.188. The Morgan fingerprint density at radius 1 is 1.12 bits per heavy atom. The number of rotatable bonds is 9. The Kier molecular flexibility index (Phi) is 7.63. The van der Waals surface area contributed by atoms with Crippen LogP contribution in [0.1, 0.15) is 47.0 Å². The predicted octanol–water partition coefficient (Wildman–Crippen LogP) is 2.91. The molecule has 3 unspecified atom stereocenters. The molecule has 6 heteroatoms. The normalized spacial score (nSPS) is 24.7. The van der Waals surface area contributed by atoms with Crippen LogP contribution in [0, 0.1) is 0 Å². The number of hydrogen-bond acceptors (Lipinski definition) is 6. The summed E-state index contributed by atoms with van der Waals surface area (Å²) in [6, 6.07) is 0. The molecule has 0 bridgehead atoms. The van der Waals surface area contributed by atoms with Gasteiger partial charge in [0.1, 0.15) is 12.2 Å². The minimum atomic E-state index is -0.823. The van der Waals surface area contributed by atoms with Crippen molar-refractivity contribution in [3.8, 4) is 0 Å². The lowest BCUT2D eigenvalue weighted by Crippen LogP contribution is -2.47. The van der Waals surface area contributed by atoms with Crippen LogP contribution in [-0.4, -0.2) is 42.1 Å². The summed E-state index contributed by atoms with van der Waals surface area (Å²) >= 11 is 0. The van der Waals surface area contributed by atoms with Crippen LogP contribution < -0.4 is 0 Å². The highest BCUT2D eigenvalue weighted by Crippen LogP contribution is 2.35. The van der Waals surface area contributed by atoms with Crippen LogP contribution in [0.4, 0.5) is 0 Å². The summed E-state index contributed by atoms with van der Waals surface area (Å²) in [7, 11) is 0. The highest BCUT2D eigenvalue weighted by Gasteiger charge is 2.49. The zero-order valence-corrected chi connectivity index (χ0v) is 14.9. The fourth-order valence-corrected chi connectivity index (χ4v) is 2.82. The second-order valence-corrected chi connectivity index (χ2v) is 6.25. The third-order valence-electron chi connectivity index (χ3n) is 3.59. The molecule has 4 atom stereocenters. The van der Waals surface area contributed by atoms with Gasteiger partial charge < -0.3 is 18.9 Å². The molecule has 0 saturated carbocycles. The quantitative estimate of drug-likeness (QED) is 0.475. The number of hydrogen-bond donors (Lipinski definition) is 0. The average Bonchev–Trinajstić information content (AvgIpc) is 2.75. The van der Waals surface area contributed by atoms with E-state index in [-0.39, 0.29) is 6.10 Å². The van der Waals surface area contributed by atoms with Crippen molar-refractivity contribution in [3.05, 3.63) is 25.3 Å². The van der Waals surface area contributed by atoms with Crippen LogP contribution in [0.3, 0.4) is 0 Å². The average molecular weight is 340 g/mol. The van der Waals surface area contributed by atoms with Crippen LogP contribution in [0.5, 0.6) is 0 Å². The molecular formula is C18H28O6. The lowest BCUT2D eigenvalue weighted by atomic mass is 9.97. The molecule has 136 valence electrons. The van der Waals surface area contributed by atoms with Gasteiger partial charge in [-0.3, -0.25) is 9.59 Å². The van der Waals surface area contributed by atoms with E-state index in [2.05, 4.69) is 13.2 Å². The molecule has 0 aromatic rings. The Morgan fingerprint density at radius 3 is 2.25 bits per heavy atom. The van der Waals surface area contributed by atoms with Crippen molar-refractivity contribution in [2.24, 2.45) is 0 Å². The minimum absolute atomic E-state index is 0.344. The summed E-state index contributed by atoms with van der Waals surface area (Å²) in [5.41, 5.74) is 0. The van der Waals surface area contributed by atoms with E-state index in [0.29, 0.717) is 19.3 Å². The highest BCUT2D eigenvalue weighted by atomic mass is 16.8. The van der Waals surface area contributed by atoms with Gasteiger partial charge in [-0.25, -0.2) is 0 Å². The Balaban J connectivity index is 3.10. The molecule has 0 radical (unpaired) electrons. The molecule has 1 aliphatic rings. The minimum Gasteiger partial charge on any atom is -0.458 e. The monoisotopic (exact) mass is 340 g/mol. The van der Waals surface area contributed by atoms with Crippen molar-refractivity contribution in [2.45, 2.75) is 77.2 Å². The topological polar surface area (TPSA) is 71.1 Å². The molecule has 1 heterocycles. The second-order valence-electron chi connectivity index (χ2n) is 6.25. The molecule has 0 aliphatic carbocycles. The molecule has 0 N–H and O–H groups in total. The van der Waals surface area contributed by atoms with Crippen molar-refractivity contribution >= 4 is 11.9 Å². The first-order valence-corrected chi connectivity index (χ1v) is 8.12. The maximum absolute atomic E-state index is 11.6. The van der Waals surface area contributed by atoms with Crippen molar-refractivity contribution < 1.29 is 28.5 Å². The van der Waals surface area contributed by atoms with Crippen LogP contribution >= 0.6 is 0 Å². The standard InChI is InChI=1S/C18H28O6/c1-7-9-11-14(21-12(3)19)16(22-13(4)20)17-15(10-8-2)23-18(5,6)24-17/h7-8,14-17H,1-2,9-11H2,3-6H3/t14?,15-,16?,17?/m0/s1. The fourth-order valence-electron chi connectivity index (χ4n) is 2.82. The summed E-state index contributed by atoms with van der Waals surface area (Å²) in [5.74, 6) is -1.74. The maximum atomic E-state index is 11.6. The number of allylic oxidation sites excluding steroid dienone is 1. The zero-order chi connectivity index (χ0) is 18.3. The molecule has 1 saturated heterocycles. The third-order valence-corrected chi connectivity index (χ3v) is 3.59. The van der Waals surface area contributed by atoms with Crippen molar-refractivity contribution in [2.75, 3.05) is 0 Å².